The lowest BCUT2D eigenvalue weighted by molar-refractivity contribution is 0.0631. The highest BCUT2D eigenvalue weighted by Gasteiger charge is 2.29. The van der Waals surface area contributed by atoms with Crippen LogP contribution in [0.2, 0.25) is 0 Å². The van der Waals surface area contributed by atoms with Crippen molar-refractivity contribution in [3.63, 3.8) is 0 Å². The van der Waals surface area contributed by atoms with Crippen LogP contribution in [0.15, 0.2) is 55.1 Å². The third-order valence-electron chi connectivity index (χ3n) is 4.35. The molecule has 0 unspecified atom stereocenters. The zero-order valence-electron chi connectivity index (χ0n) is 14.4. The van der Waals surface area contributed by atoms with E-state index in [9.17, 15) is 4.79 Å². The summed E-state index contributed by atoms with van der Waals surface area (Å²) in [6, 6.07) is 9.26. The molecule has 0 saturated heterocycles. The molecule has 0 radical (unpaired) electrons. The van der Waals surface area contributed by atoms with Gasteiger partial charge in [-0.2, -0.15) is 5.10 Å². The number of fused-ring (bicyclic) bond motifs is 1. The van der Waals surface area contributed by atoms with Gasteiger partial charge in [0.25, 0.3) is 5.91 Å². The molecule has 0 fully saturated rings. The highest BCUT2D eigenvalue weighted by molar-refractivity contribution is 5.94. The average Bonchev–Trinajstić information content (AvgIpc) is 3.15. The SMILES string of the molecule is Cc1cncc(C(=O)N2Cc3ccnn3[C@@H](COc3ccccn3)C2)c1. The van der Waals surface area contributed by atoms with Gasteiger partial charge in [0, 0.05) is 37.4 Å². The molecule has 4 rings (SSSR count). The first kappa shape index (κ1) is 16.3. The summed E-state index contributed by atoms with van der Waals surface area (Å²) in [7, 11) is 0. The lowest BCUT2D eigenvalue weighted by Crippen LogP contribution is -2.43. The summed E-state index contributed by atoms with van der Waals surface area (Å²) < 4.78 is 7.73. The highest BCUT2D eigenvalue weighted by atomic mass is 16.5. The first-order valence-electron chi connectivity index (χ1n) is 8.48. The maximum Gasteiger partial charge on any atom is 0.255 e. The van der Waals surface area contributed by atoms with Gasteiger partial charge in [0.2, 0.25) is 5.88 Å². The maximum absolute atomic E-state index is 12.9. The predicted octanol–water partition coefficient (Wildman–Crippen LogP) is 2.26. The smallest absolute Gasteiger partial charge is 0.255 e. The zero-order chi connectivity index (χ0) is 17.9. The number of carbonyl (C=O) groups is 1. The summed E-state index contributed by atoms with van der Waals surface area (Å²) in [5.41, 5.74) is 2.55. The number of hydrogen-bond acceptors (Lipinski definition) is 5. The van der Waals surface area contributed by atoms with Crippen molar-refractivity contribution in [1.82, 2.24) is 24.6 Å². The molecular weight excluding hydrogens is 330 g/mol. The van der Waals surface area contributed by atoms with E-state index < -0.39 is 0 Å². The molecule has 0 bridgehead atoms. The topological polar surface area (TPSA) is 73.1 Å². The molecule has 1 amide bonds. The van der Waals surface area contributed by atoms with Gasteiger partial charge < -0.3 is 9.64 Å². The Balaban J connectivity index is 1.53. The second kappa shape index (κ2) is 6.95. The van der Waals surface area contributed by atoms with Crippen molar-refractivity contribution in [3.05, 3.63) is 71.9 Å². The molecule has 0 saturated carbocycles. The molecule has 3 aromatic heterocycles. The van der Waals surface area contributed by atoms with E-state index >= 15 is 0 Å². The number of nitrogens with zero attached hydrogens (tertiary/aromatic N) is 5. The van der Waals surface area contributed by atoms with Gasteiger partial charge in [-0.1, -0.05) is 6.07 Å². The van der Waals surface area contributed by atoms with Crippen LogP contribution in [0, 0.1) is 6.92 Å². The number of aromatic nitrogens is 4. The fourth-order valence-electron chi connectivity index (χ4n) is 3.13. The number of carbonyl (C=O) groups excluding carboxylic acids is 1. The molecular formula is C19H19N5O2. The van der Waals surface area contributed by atoms with Gasteiger partial charge in [0.05, 0.1) is 17.8 Å². The Bertz CT molecular complexity index is 909. The molecule has 0 aromatic carbocycles. The summed E-state index contributed by atoms with van der Waals surface area (Å²) in [5.74, 6) is 0.532. The van der Waals surface area contributed by atoms with Crippen molar-refractivity contribution in [2.45, 2.75) is 19.5 Å². The second-order valence-electron chi connectivity index (χ2n) is 6.34. The van der Waals surface area contributed by atoms with Crippen molar-refractivity contribution >= 4 is 5.91 Å². The Morgan fingerprint density at radius 2 is 2.19 bits per heavy atom. The van der Waals surface area contributed by atoms with Crippen LogP contribution in [-0.4, -0.2) is 43.7 Å². The summed E-state index contributed by atoms with van der Waals surface area (Å²) in [6.07, 6.45) is 6.80. The number of aryl methyl sites for hydroxylation is 1. The van der Waals surface area contributed by atoms with Crippen LogP contribution in [0.5, 0.6) is 5.88 Å². The van der Waals surface area contributed by atoms with Gasteiger partial charge in [-0.15, -0.1) is 0 Å². The third kappa shape index (κ3) is 3.28. The van der Waals surface area contributed by atoms with Crippen LogP contribution >= 0.6 is 0 Å². The zero-order valence-corrected chi connectivity index (χ0v) is 14.4. The van der Waals surface area contributed by atoms with Crippen LogP contribution in [0.1, 0.15) is 27.7 Å². The van der Waals surface area contributed by atoms with E-state index in [4.69, 9.17) is 4.74 Å². The number of amides is 1. The van der Waals surface area contributed by atoms with E-state index in [-0.39, 0.29) is 11.9 Å². The highest BCUT2D eigenvalue weighted by Crippen LogP contribution is 2.23. The quantitative estimate of drug-likeness (QED) is 0.722. The van der Waals surface area contributed by atoms with Crippen molar-refractivity contribution in [3.8, 4) is 5.88 Å². The molecule has 7 heteroatoms. The molecule has 1 atom stereocenters. The largest absolute Gasteiger partial charge is 0.475 e. The van der Waals surface area contributed by atoms with E-state index in [1.165, 1.54) is 0 Å². The normalized spacial score (nSPS) is 16.2. The van der Waals surface area contributed by atoms with Gasteiger partial charge >= 0.3 is 0 Å². The summed E-state index contributed by atoms with van der Waals surface area (Å²) in [6.45, 7) is 3.36. The fourth-order valence-corrected chi connectivity index (χ4v) is 3.13. The first-order chi connectivity index (χ1) is 12.7. The van der Waals surface area contributed by atoms with Crippen molar-refractivity contribution in [1.29, 1.82) is 0 Å². The monoisotopic (exact) mass is 349 g/mol. The minimum atomic E-state index is -0.0718. The summed E-state index contributed by atoms with van der Waals surface area (Å²) >= 11 is 0. The molecule has 1 aliphatic heterocycles. The maximum atomic E-state index is 12.9. The molecule has 4 heterocycles. The van der Waals surface area contributed by atoms with Crippen LogP contribution in [0.4, 0.5) is 0 Å². The molecule has 0 spiro atoms. The Hall–Kier alpha value is -3.22. The van der Waals surface area contributed by atoms with Gasteiger partial charge in [0.15, 0.2) is 0 Å². The lowest BCUT2D eigenvalue weighted by Gasteiger charge is -2.33. The van der Waals surface area contributed by atoms with Crippen LogP contribution < -0.4 is 4.74 Å². The molecule has 132 valence electrons. The third-order valence-corrected chi connectivity index (χ3v) is 4.35. The van der Waals surface area contributed by atoms with Gasteiger partial charge in [0.1, 0.15) is 12.6 Å². The first-order valence-corrected chi connectivity index (χ1v) is 8.48. The Morgan fingerprint density at radius 1 is 1.27 bits per heavy atom. The second-order valence-corrected chi connectivity index (χ2v) is 6.34. The summed E-state index contributed by atoms with van der Waals surface area (Å²) in [5, 5.41) is 4.40. The molecule has 3 aromatic rings. The van der Waals surface area contributed by atoms with Crippen molar-refractivity contribution < 1.29 is 9.53 Å². The van der Waals surface area contributed by atoms with Crippen molar-refractivity contribution in [2.75, 3.05) is 13.2 Å². The number of rotatable bonds is 4. The van der Waals surface area contributed by atoms with Gasteiger partial charge in [-0.3, -0.25) is 14.5 Å². The van der Waals surface area contributed by atoms with E-state index in [0.717, 1.165) is 11.3 Å². The van der Waals surface area contributed by atoms with Crippen molar-refractivity contribution in [2.24, 2.45) is 0 Å². The molecule has 7 nitrogen and oxygen atoms in total. The molecule has 0 aliphatic carbocycles. The number of ether oxygens (including phenoxy) is 1. The summed E-state index contributed by atoms with van der Waals surface area (Å²) in [4.78, 5) is 23.0. The minimum absolute atomic E-state index is 0.0310. The van der Waals surface area contributed by atoms with Gasteiger partial charge in [-0.05, 0) is 30.7 Å². The molecule has 1 aliphatic rings. The standard InChI is InChI=1S/C19H19N5O2/c1-14-8-15(10-20-9-14)19(25)23-11-16-5-7-22-24(16)17(12-23)13-26-18-4-2-3-6-21-18/h2-10,17H,11-13H2,1H3/t17-/m1/s1. The van der Waals surface area contributed by atoms with Crippen LogP contribution in [0.25, 0.3) is 0 Å². The van der Waals surface area contributed by atoms with E-state index in [1.54, 1.807) is 24.8 Å². The van der Waals surface area contributed by atoms with Gasteiger partial charge in [-0.25, -0.2) is 4.98 Å². The molecule has 0 N–H and O–H groups in total. The lowest BCUT2D eigenvalue weighted by atomic mass is 10.1. The Kier molecular flexibility index (Phi) is 4.35. The Labute approximate surface area is 151 Å². The van der Waals surface area contributed by atoms with Crippen LogP contribution in [-0.2, 0) is 6.54 Å². The van der Waals surface area contributed by atoms with E-state index in [1.807, 2.05) is 46.8 Å². The number of hydrogen-bond donors (Lipinski definition) is 0. The Morgan fingerprint density at radius 3 is 3.00 bits per heavy atom. The minimum Gasteiger partial charge on any atom is -0.475 e. The molecule has 26 heavy (non-hydrogen) atoms. The fraction of sp³-hybridized carbons (Fsp3) is 0.263. The van der Waals surface area contributed by atoms with E-state index in [0.29, 0.717) is 31.1 Å². The van der Waals surface area contributed by atoms with Crippen LogP contribution in [0.3, 0.4) is 0 Å². The predicted molar refractivity (Wildman–Crippen MR) is 94.7 cm³/mol. The number of pyridine rings is 2. The van der Waals surface area contributed by atoms with E-state index in [2.05, 4.69) is 15.1 Å². The average molecular weight is 349 g/mol.